The molecule has 3 nitrogen and oxygen atoms in total. The van der Waals surface area contributed by atoms with Crippen LogP contribution in [0.3, 0.4) is 0 Å². The summed E-state index contributed by atoms with van der Waals surface area (Å²) in [6.07, 6.45) is 0.107. The molecule has 1 atom stereocenters. The molecular formula is C10H10BrClN2O. The standard InChI is InChI=1S/C10H10BrClN2O/c1-2-7(5-13)15-10-8(11)3-6(12)4-9(10)14/h3-4,7H,2,14H2,1H3. The first kappa shape index (κ1) is 12.2. The number of hydrogen-bond acceptors (Lipinski definition) is 3. The van der Waals surface area contributed by atoms with Crippen LogP contribution in [-0.4, -0.2) is 6.10 Å². The molecule has 0 aliphatic rings. The highest BCUT2D eigenvalue weighted by atomic mass is 79.9. The molecule has 1 aromatic carbocycles. The molecule has 0 heterocycles. The summed E-state index contributed by atoms with van der Waals surface area (Å²) in [7, 11) is 0. The van der Waals surface area contributed by atoms with E-state index in [1.807, 2.05) is 13.0 Å². The van der Waals surface area contributed by atoms with Crippen LogP contribution in [0.25, 0.3) is 0 Å². The van der Waals surface area contributed by atoms with E-state index in [2.05, 4.69) is 15.9 Å². The highest BCUT2D eigenvalue weighted by molar-refractivity contribution is 9.10. The molecule has 0 bridgehead atoms. The molecular weight excluding hydrogens is 279 g/mol. The number of rotatable bonds is 3. The fourth-order valence-electron chi connectivity index (χ4n) is 1.05. The van der Waals surface area contributed by atoms with Crippen LogP contribution >= 0.6 is 27.5 Å². The molecule has 0 fully saturated rings. The highest BCUT2D eigenvalue weighted by Crippen LogP contribution is 2.35. The molecule has 0 aliphatic heterocycles. The van der Waals surface area contributed by atoms with Crippen LogP contribution in [0.4, 0.5) is 5.69 Å². The zero-order chi connectivity index (χ0) is 11.4. The van der Waals surface area contributed by atoms with Crippen molar-refractivity contribution in [3.63, 3.8) is 0 Å². The number of anilines is 1. The molecule has 0 aliphatic carbocycles. The number of ether oxygens (including phenoxy) is 1. The van der Waals surface area contributed by atoms with Gasteiger partial charge < -0.3 is 10.5 Å². The average molecular weight is 290 g/mol. The summed E-state index contributed by atoms with van der Waals surface area (Å²) in [5.74, 6) is 0.466. The lowest BCUT2D eigenvalue weighted by Crippen LogP contribution is -2.13. The Bertz CT molecular complexity index is 380. The van der Waals surface area contributed by atoms with E-state index in [1.54, 1.807) is 12.1 Å². The molecule has 0 radical (unpaired) electrons. The number of halogens is 2. The monoisotopic (exact) mass is 288 g/mol. The molecule has 0 spiro atoms. The summed E-state index contributed by atoms with van der Waals surface area (Å²) in [5.41, 5.74) is 6.15. The first-order valence-corrected chi connectivity index (χ1v) is 5.56. The van der Waals surface area contributed by atoms with Crippen molar-refractivity contribution in [2.24, 2.45) is 0 Å². The lowest BCUT2D eigenvalue weighted by atomic mass is 10.2. The van der Waals surface area contributed by atoms with Gasteiger partial charge in [-0.15, -0.1) is 0 Å². The Labute approximate surface area is 102 Å². The maximum absolute atomic E-state index is 8.77. The van der Waals surface area contributed by atoms with Crippen molar-refractivity contribution in [3.05, 3.63) is 21.6 Å². The molecule has 2 N–H and O–H groups in total. The lowest BCUT2D eigenvalue weighted by Gasteiger charge is -2.14. The van der Waals surface area contributed by atoms with Crippen LogP contribution in [-0.2, 0) is 0 Å². The third-order valence-corrected chi connectivity index (χ3v) is 2.62. The van der Waals surface area contributed by atoms with Crippen molar-refractivity contribution < 1.29 is 4.74 Å². The summed E-state index contributed by atoms with van der Waals surface area (Å²) in [6, 6.07) is 5.30. The minimum atomic E-state index is -0.496. The number of nitrogen functional groups attached to an aromatic ring is 1. The Morgan fingerprint density at radius 3 is 2.80 bits per heavy atom. The van der Waals surface area contributed by atoms with E-state index in [-0.39, 0.29) is 0 Å². The van der Waals surface area contributed by atoms with E-state index >= 15 is 0 Å². The summed E-state index contributed by atoms with van der Waals surface area (Å²) < 4.78 is 6.09. The van der Waals surface area contributed by atoms with Crippen LogP contribution in [0.2, 0.25) is 5.02 Å². The van der Waals surface area contributed by atoms with E-state index in [0.717, 1.165) is 0 Å². The largest absolute Gasteiger partial charge is 0.472 e. The molecule has 80 valence electrons. The van der Waals surface area contributed by atoms with Crippen molar-refractivity contribution in [1.82, 2.24) is 0 Å². The van der Waals surface area contributed by atoms with E-state index in [1.165, 1.54) is 0 Å². The van der Waals surface area contributed by atoms with Crippen molar-refractivity contribution in [2.75, 3.05) is 5.73 Å². The van der Waals surface area contributed by atoms with Crippen LogP contribution in [0, 0.1) is 11.3 Å². The average Bonchev–Trinajstić information content (AvgIpc) is 2.17. The third kappa shape index (κ3) is 3.01. The molecule has 1 aromatic rings. The molecule has 0 saturated carbocycles. The summed E-state index contributed by atoms with van der Waals surface area (Å²) >= 11 is 9.08. The highest BCUT2D eigenvalue weighted by Gasteiger charge is 2.12. The maximum Gasteiger partial charge on any atom is 0.184 e. The van der Waals surface area contributed by atoms with Crippen molar-refractivity contribution >= 4 is 33.2 Å². The van der Waals surface area contributed by atoms with Gasteiger partial charge in [0.25, 0.3) is 0 Å². The predicted molar refractivity (Wildman–Crippen MR) is 63.9 cm³/mol. The smallest absolute Gasteiger partial charge is 0.184 e. The second kappa shape index (κ2) is 5.24. The fourth-order valence-corrected chi connectivity index (χ4v) is 1.98. The fraction of sp³-hybridized carbons (Fsp3) is 0.300. The second-order valence-corrected chi connectivity index (χ2v) is 4.24. The van der Waals surface area contributed by atoms with E-state index in [0.29, 0.717) is 27.4 Å². The van der Waals surface area contributed by atoms with Gasteiger partial charge in [-0.05, 0) is 34.5 Å². The van der Waals surface area contributed by atoms with Crippen molar-refractivity contribution in [3.8, 4) is 11.8 Å². The van der Waals surface area contributed by atoms with Gasteiger partial charge in [0.2, 0.25) is 0 Å². The van der Waals surface area contributed by atoms with Gasteiger partial charge in [-0.1, -0.05) is 18.5 Å². The normalized spacial score (nSPS) is 11.9. The summed E-state index contributed by atoms with van der Waals surface area (Å²) in [6.45, 7) is 1.87. The Balaban J connectivity index is 3.00. The Morgan fingerprint density at radius 1 is 1.67 bits per heavy atom. The van der Waals surface area contributed by atoms with Crippen LogP contribution in [0.1, 0.15) is 13.3 Å². The van der Waals surface area contributed by atoms with Gasteiger partial charge in [-0.25, -0.2) is 0 Å². The Morgan fingerprint density at radius 2 is 2.33 bits per heavy atom. The molecule has 0 amide bonds. The Kier molecular flexibility index (Phi) is 4.25. The first-order valence-electron chi connectivity index (χ1n) is 4.39. The minimum absolute atomic E-state index is 0.420. The van der Waals surface area contributed by atoms with Crippen molar-refractivity contribution in [1.29, 1.82) is 5.26 Å². The number of nitriles is 1. The van der Waals surface area contributed by atoms with Crippen molar-refractivity contribution in [2.45, 2.75) is 19.4 Å². The van der Waals surface area contributed by atoms with Crippen LogP contribution in [0.15, 0.2) is 16.6 Å². The van der Waals surface area contributed by atoms with Gasteiger partial charge in [-0.2, -0.15) is 5.26 Å². The number of benzene rings is 1. The van der Waals surface area contributed by atoms with E-state index in [4.69, 9.17) is 27.3 Å². The first-order chi connectivity index (χ1) is 7.08. The lowest BCUT2D eigenvalue weighted by molar-refractivity contribution is 0.252. The van der Waals surface area contributed by atoms with Gasteiger partial charge in [0.15, 0.2) is 11.9 Å². The zero-order valence-electron chi connectivity index (χ0n) is 8.13. The van der Waals surface area contributed by atoms with Gasteiger partial charge in [0.1, 0.15) is 6.07 Å². The van der Waals surface area contributed by atoms with Gasteiger partial charge >= 0.3 is 0 Å². The SMILES string of the molecule is CCC(C#N)Oc1c(N)cc(Cl)cc1Br. The molecule has 1 rings (SSSR count). The predicted octanol–water partition coefficient (Wildman–Crippen LogP) is 3.37. The van der Waals surface area contributed by atoms with Gasteiger partial charge in [0.05, 0.1) is 10.2 Å². The van der Waals surface area contributed by atoms with Crippen LogP contribution in [0.5, 0.6) is 5.75 Å². The molecule has 5 heteroatoms. The number of nitrogens with two attached hydrogens (primary N) is 1. The molecule has 15 heavy (non-hydrogen) atoms. The topological polar surface area (TPSA) is 59.0 Å². The number of hydrogen-bond donors (Lipinski definition) is 1. The molecule has 0 aromatic heterocycles. The van der Waals surface area contributed by atoms with E-state index in [9.17, 15) is 0 Å². The maximum atomic E-state index is 8.77. The quantitative estimate of drug-likeness (QED) is 0.868. The number of nitrogens with zero attached hydrogens (tertiary/aromatic N) is 1. The van der Waals surface area contributed by atoms with E-state index < -0.39 is 6.10 Å². The van der Waals surface area contributed by atoms with Gasteiger partial charge in [-0.3, -0.25) is 0 Å². The summed E-state index contributed by atoms with van der Waals surface area (Å²) in [5, 5.41) is 9.29. The molecule has 1 unspecified atom stereocenters. The zero-order valence-corrected chi connectivity index (χ0v) is 10.5. The van der Waals surface area contributed by atoms with Gasteiger partial charge in [0, 0.05) is 5.02 Å². The van der Waals surface area contributed by atoms with Crippen LogP contribution < -0.4 is 10.5 Å². The second-order valence-electron chi connectivity index (χ2n) is 2.95. The minimum Gasteiger partial charge on any atom is -0.472 e. The summed E-state index contributed by atoms with van der Waals surface area (Å²) in [4.78, 5) is 0. The third-order valence-electron chi connectivity index (χ3n) is 1.81. The Hall–Kier alpha value is -0.920. The molecule has 0 saturated heterocycles.